The van der Waals surface area contributed by atoms with E-state index in [-0.39, 0.29) is 4.90 Å². The van der Waals surface area contributed by atoms with Crippen molar-refractivity contribution < 1.29 is 13.2 Å². The molecule has 124 valence electrons. The Balaban J connectivity index is 1.92. The van der Waals surface area contributed by atoms with E-state index >= 15 is 0 Å². The lowest BCUT2D eigenvalue weighted by atomic mass is 10.3. The Morgan fingerprint density at radius 1 is 1.04 bits per heavy atom. The molecule has 0 unspecified atom stereocenters. The van der Waals surface area contributed by atoms with Gasteiger partial charge >= 0.3 is 0 Å². The molecule has 0 saturated carbocycles. The van der Waals surface area contributed by atoms with Crippen LogP contribution in [0.5, 0.6) is 11.5 Å². The Labute approximate surface area is 140 Å². The van der Waals surface area contributed by atoms with Crippen LogP contribution in [0.15, 0.2) is 65.7 Å². The molecule has 0 aliphatic rings. The number of para-hydroxylation sites is 3. The topological polar surface area (TPSA) is 73.2 Å². The number of ether oxygens (including phenoxy) is 1. The first kappa shape index (κ1) is 16.1. The van der Waals surface area contributed by atoms with E-state index in [2.05, 4.69) is 9.82 Å². The monoisotopic (exact) mass is 343 g/mol. The van der Waals surface area contributed by atoms with Crippen LogP contribution < -0.4 is 9.46 Å². The van der Waals surface area contributed by atoms with Gasteiger partial charge in [0.2, 0.25) is 0 Å². The van der Waals surface area contributed by atoms with Gasteiger partial charge in [0, 0.05) is 7.05 Å². The normalized spacial score (nSPS) is 11.2. The minimum atomic E-state index is -3.75. The number of sulfonamides is 1. The van der Waals surface area contributed by atoms with Gasteiger partial charge in [0.05, 0.1) is 17.6 Å². The lowest BCUT2D eigenvalue weighted by Gasteiger charge is -2.13. The van der Waals surface area contributed by atoms with Gasteiger partial charge in [-0.1, -0.05) is 30.3 Å². The second kappa shape index (κ2) is 6.37. The molecule has 0 aliphatic carbocycles. The fourth-order valence-electron chi connectivity index (χ4n) is 2.20. The molecule has 2 aromatic carbocycles. The molecule has 3 aromatic rings. The Morgan fingerprint density at radius 2 is 1.71 bits per heavy atom. The molecule has 3 rings (SSSR count). The molecule has 1 aromatic heterocycles. The zero-order valence-corrected chi connectivity index (χ0v) is 14.1. The average Bonchev–Trinajstić information content (AvgIpc) is 2.90. The van der Waals surface area contributed by atoms with Gasteiger partial charge in [-0.25, -0.2) is 8.42 Å². The highest BCUT2D eigenvalue weighted by molar-refractivity contribution is 7.92. The molecule has 0 spiro atoms. The van der Waals surface area contributed by atoms with Gasteiger partial charge in [-0.15, -0.1) is 0 Å². The minimum absolute atomic E-state index is 0.138. The third-order valence-electron chi connectivity index (χ3n) is 3.58. The van der Waals surface area contributed by atoms with Gasteiger partial charge in [-0.2, -0.15) is 5.10 Å². The number of nitrogens with one attached hydrogen (secondary N) is 1. The quantitative estimate of drug-likeness (QED) is 0.771. The van der Waals surface area contributed by atoms with E-state index in [1.807, 2.05) is 18.2 Å². The van der Waals surface area contributed by atoms with E-state index in [1.165, 1.54) is 10.9 Å². The summed E-state index contributed by atoms with van der Waals surface area (Å²) in [6.07, 6.45) is 1.33. The highest BCUT2D eigenvalue weighted by Gasteiger charge is 2.21. The number of hydrogen-bond acceptors (Lipinski definition) is 4. The fourth-order valence-corrected chi connectivity index (χ4v) is 3.47. The number of aromatic nitrogens is 2. The number of aryl methyl sites for hydroxylation is 1. The van der Waals surface area contributed by atoms with Gasteiger partial charge in [0.25, 0.3) is 10.0 Å². The maximum Gasteiger partial charge on any atom is 0.265 e. The van der Waals surface area contributed by atoms with E-state index in [0.717, 1.165) is 0 Å². The first-order valence-electron chi connectivity index (χ1n) is 7.31. The predicted molar refractivity (Wildman–Crippen MR) is 91.7 cm³/mol. The number of rotatable bonds is 5. The molecule has 0 radical (unpaired) electrons. The second-order valence-electron chi connectivity index (χ2n) is 5.23. The summed E-state index contributed by atoms with van der Waals surface area (Å²) in [6, 6.07) is 16.1. The van der Waals surface area contributed by atoms with Crippen LogP contribution >= 0.6 is 0 Å². The van der Waals surface area contributed by atoms with Crippen LogP contribution in [-0.2, 0) is 17.1 Å². The van der Waals surface area contributed by atoms with Gasteiger partial charge in [-0.05, 0) is 31.2 Å². The molecule has 6 nitrogen and oxygen atoms in total. The zero-order valence-electron chi connectivity index (χ0n) is 13.3. The van der Waals surface area contributed by atoms with Crippen molar-refractivity contribution >= 4 is 15.7 Å². The number of benzene rings is 2. The fraction of sp³-hybridized carbons (Fsp3) is 0.118. The van der Waals surface area contributed by atoms with Crippen LogP contribution in [0.3, 0.4) is 0 Å². The third-order valence-corrected chi connectivity index (χ3v) is 5.05. The second-order valence-corrected chi connectivity index (χ2v) is 6.89. The molecule has 0 saturated heterocycles. The van der Waals surface area contributed by atoms with E-state index in [1.54, 1.807) is 50.4 Å². The Hall–Kier alpha value is -2.80. The summed E-state index contributed by atoms with van der Waals surface area (Å²) in [6.45, 7) is 1.70. The first-order chi connectivity index (χ1) is 11.5. The molecule has 0 bridgehead atoms. The van der Waals surface area contributed by atoms with Crippen molar-refractivity contribution in [2.75, 3.05) is 4.72 Å². The molecule has 24 heavy (non-hydrogen) atoms. The van der Waals surface area contributed by atoms with Crippen LogP contribution in [0.1, 0.15) is 5.69 Å². The first-order valence-corrected chi connectivity index (χ1v) is 8.79. The predicted octanol–water partition coefficient (Wildman–Crippen LogP) is 3.32. The largest absolute Gasteiger partial charge is 0.455 e. The average molecular weight is 343 g/mol. The minimum Gasteiger partial charge on any atom is -0.455 e. The van der Waals surface area contributed by atoms with Crippen molar-refractivity contribution in [3.8, 4) is 11.5 Å². The number of hydrogen-bond donors (Lipinski definition) is 1. The van der Waals surface area contributed by atoms with Crippen LogP contribution in [0.2, 0.25) is 0 Å². The molecule has 0 aliphatic heterocycles. The van der Waals surface area contributed by atoms with E-state index in [9.17, 15) is 8.42 Å². The van der Waals surface area contributed by atoms with Crippen LogP contribution in [0.25, 0.3) is 0 Å². The van der Waals surface area contributed by atoms with Gasteiger partial charge in [-0.3, -0.25) is 9.40 Å². The molecule has 0 atom stereocenters. The molecule has 1 N–H and O–H groups in total. The van der Waals surface area contributed by atoms with Gasteiger partial charge < -0.3 is 4.74 Å². The van der Waals surface area contributed by atoms with Crippen molar-refractivity contribution in [3.05, 3.63) is 66.5 Å². The van der Waals surface area contributed by atoms with Gasteiger partial charge in [0.15, 0.2) is 5.75 Å². The summed E-state index contributed by atoms with van der Waals surface area (Å²) in [5.74, 6) is 1.05. The van der Waals surface area contributed by atoms with Crippen molar-refractivity contribution in [2.45, 2.75) is 11.8 Å². The standard InChI is InChI=1S/C17H17N3O3S/c1-13-17(12-18-20(13)2)24(21,22)19-15-10-6-7-11-16(15)23-14-8-4-3-5-9-14/h3-12,19H,1-2H3. The van der Waals surface area contributed by atoms with Crippen molar-refractivity contribution in [2.24, 2.45) is 7.05 Å². The lowest BCUT2D eigenvalue weighted by Crippen LogP contribution is -2.14. The maximum atomic E-state index is 12.6. The SMILES string of the molecule is Cc1c(S(=O)(=O)Nc2ccccc2Oc2ccccc2)cnn1C. The molecule has 0 amide bonds. The van der Waals surface area contributed by atoms with E-state index in [4.69, 9.17) is 4.74 Å². The third kappa shape index (κ3) is 3.26. The highest BCUT2D eigenvalue weighted by Crippen LogP contribution is 2.31. The van der Waals surface area contributed by atoms with Crippen molar-refractivity contribution in [3.63, 3.8) is 0 Å². The Kier molecular flexibility index (Phi) is 4.26. The van der Waals surface area contributed by atoms with Gasteiger partial charge in [0.1, 0.15) is 10.6 Å². The molecule has 7 heteroatoms. The molecule has 0 fully saturated rings. The molecular formula is C17H17N3O3S. The van der Waals surface area contributed by atoms with E-state index in [0.29, 0.717) is 22.9 Å². The summed E-state index contributed by atoms with van der Waals surface area (Å²) in [4.78, 5) is 0.138. The summed E-state index contributed by atoms with van der Waals surface area (Å²) >= 11 is 0. The molecular weight excluding hydrogens is 326 g/mol. The smallest absolute Gasteiger partial charge is 0.265 e. The lowest BCUT2D eigenvalue weighted by molar-refractivity contribution is 0.485. The van der Waals surface area contributed by atoms with E-state index < -0.39 is 10.0 Å². The van der Waals surface area contributed by atoms with Crippen molar-refractivity contribution in [1.82, 2.24) is 9.78 Å². The van der Waals surface area contributed by atoms with Crippen LogP contribution in [0, 0.1) is 6.92 Å². The highest BCUT2D eigenvalue weighted by atomic mass is 32.2. The summed E-state index contributed by atoms with van der Waals surface area (Å²) in [5.41, 5.74) is 0.925. The van der Waals surface area contributed by atoms with Crippen LogP contribution in [0.4, 0.5) is 5.69 Å². The maximum absolute atomic E-state index is 12.6. The summed E-state index contributed by atoms with van der Waals surface area (Å²) in [5, 5.41) is 3.98. The summed E-state index contributed by atoms with van der Waals surface area (Å²) < 4.78 is 35.1. The number of nitrogens with zero attached hydrogens (tertiary/aromatic N) is 2. The molecule has 1 heterocycles. The summed E-state index contributed by atoms with van der Waals surface area (Å²) in [7, 11) is -2.06. The zero-order chi connectivity index (χ0) is 17.2. The van der Waals surface area contributed by atoms with Crippen LogP contribution in [-0.4, -0.2) is 18.2 Å². The Bertz CT molecular complexity index is 950. The number of anilines is 1. The van der Waals surface area contributed by atoms with Crippen molar-refractivity contribution in [1.29, 1.82) is 0 Å². The Morgan fingerprint density at radius 3 is 2.38 bits per heavy atom.